The highest BCUT2D eigenvalue weighted by atomic mass is 16.3. The van der Waals surface area contributed by atoms with E-state index in [0.29, 0.717) is 29.2 Å². The summed E-state index contributed by atoms with van der Waals surface area (Å²) >= 11 is 0. The first kappa shape index (κ1) is 26.7. The molecule has 0 amide bonds. The third kappa shape index (κ3) is 5.85. The third-order valence-corrected chi connectivity index (χ3v) is 9.79. The van der Waals surface area contributed by atoms with Crippen molar-refractivity contribution in [3.8, 4) is 0 Å². The maximum absolute atomic E-state index is 10.5. The topological polar surface area (TPSA) is 60.7 Å². The van der Waals surface area contributed by atoms with Crippen molar-refractivity contribution in [2.24, 2.45) is 35.0 Å². The van der Waals surface area contributed by atoms with Crippen LogP contribution in [0.25, 0.3) is 0 Å². The van der Waals surface area contributed by atoms with Gasteiger partial charge in [-0.25, -0.2) is 0 Å². The maximum atomic E-state index is 10.5. The molecule has 0 aromatic heterocycles. The van der Waals surface area contributed by atoms with Crippen LogP contribution < -0.4 is 0 Å². The number of hydrogen-bond donors (Lipinski definition) is 3. The molecule has 8 atom stereocenters. The normalized spacial score (nSPS) is 41.3. The highest BCUT2D eigenvalue weighted by molar-refractivity contribution is 5.29. The molecular weight excluding hydrogens is 408 g/mol. The largest absolute Gasteiger partial charge is 0.390 e. The van der Waals surface area contributed by atoms with E-state index in [-0.39, 0.29) is 11.8 Å². The average Bonchev–Trinajstić information content (AvgIpc) is 3.08. The molecule has 0 bridgehead atoms. The van der Waals surface area contributed by atoms with Gasteiger partial charge in [0.15, 0.2) is 0 Å². The summed E-state index contributed by atoms with van der Waals surface area (Å²) in [6, 6.07) is 0. The Morgan fingerprint density at radius 3 is 2.48 bits per heavy atom. The Balaban J connectivity index is 1.75. The van der Waals surface area contributed by atoms with Gasteiger partial charge in [-0.15, -0.1) is 0 Å². The molecule has 0 aromatic carbocycles. The number of fused-ring (bicyclic) bond motifs is 1. The van der Waals surface area contributed by atoms with Crippen LogP contribution in [-0.2, 0) is 0 Å². The minimum Gasteiger partial charge on any atom is -0.390 e. The summed E-state index contributed by atoms with van der Waals surface area (Å²) in [4.78, 5) is 0. The highest BCUT2D eigenvalue weighted by Crippen LogP contribution is 2.60. The zero-order valence-electron chi connectivity index (χ0n) is 22.1. The first-order valence-electron chi connectivity index (χ1n) is 13.5. The highest BCUT2D eigenvalue weighted by Gasteiger charge is 2.50. The predicted molar refractivity (Wildman–Crippen MR) is 138 cm³/mol. The van der Waals surface area contributed by atoms with E-state index in [0.717, 1.165) is 18.8 Å². The number of aliphatic hydroxyl groups excluding tert-OH is 2. The second-order valence-electron chi connectivity index (χ2n) is 12.6. The molecule has 0 heterocycles. The van der Waals surface area contributed by atoms with E-state index in [2.05, 4.69) is 46.4 Å². The average molecular weight is 459 g/mol. The Kier molecular flexibility index (Phi) is 8.40. The number of allylic oxidation sites excluding steroid dienone is 3. The lowest BCUT2D eigenvalue weighted by Crippen LogP contribution is -2.36. The molecule has 0 aromatic rings. The smallest absolute Gasteiger partial charge is 0.0809 e. The standard InChI is InChI=1S/C30H50O3/c1-19(10-8-16-29(5,6)33)25-14-15-26-23(11-9-17-30(25,26)7)12-13-24-18-27(31)22(4)28(32)21(3)20(24)2/h12-13,19-21,25-28,31-33H,4,8-11,14-18H2,1-3,5-7H3/b23-12+,24-13-/t19-,20?,21?,25-,26+,27-,28-,30-/m1/s1. The van der Waals surface area contributed by atoms with Crippen molar-refractivity contribution in [1.82, 2.24) is 0 Å². The summed E-state index contributed by atoms with van der Waals surface area (Å²) in [6.07, 6.45) is 13.5. The maximum Gasteiger partial charge on any atom is 0.0809 e. The number of rotatable bonds is 6. The van der Waals surface area contributed by atoms with E-state index in [1.165, 1.54) is 44.1 Å². The summed E-state index contributed by atoms with van der Waals surface area (Å²) in [5, 5.41) is 31.2. The van der Waals surface area contributed by atoms with E-state index in [1.807, 2.05) is 13.8 Å². The quantitative estimate of drug-likeness (QED) is 0.311. The van der Waals surface area contributed by atoms with Crippen molar-refractivity contribution in [3.63, 3.8) is 0 Å². The van der Waals surface area contributed by atoms with Crippen molar-refractivity contribution >= 4 is 0 Å². The van der Waals surface area contributed by atoms with Gasteiger partial charge in [-0.3, -0.25) is 0 Å². The lowest BCUT2D eigenvalue weighted by atomic mass is 9.60. The zero-order valence-corrected chi connectivity index (χ0v) is 22.1. The first-order chi connectivity index (χ1) is 15.3. The number of aliphatic hydroxyl groups is 3. The summed E-state index contributed by atoms with van der Waals surface area (Å²) in [7, 11) is 0. The third-order valence-electron chi connectivity index (χ3n) is 9.79. The van der Waals surface area contributed by atoms with E-state index in [9.17, 15) is 15.3 Å². The molecule has 0 saturated heterocycles. The van der Waals surface area contributed by atoms with Gasteiger partial charge in [-0.2, -0.15) is 0 Å². The lowest BCUT2D eigenvalue weighted by molar-refractivity contribution is 0.0596. The van der Waals surface area contributed by atoms with Crippen molar-refractivity contribution in [2.45, 2.75) is 117 Å². The van der Waals surface area contributed by atoms with Crippen LogP contribution in [0.15, 0.2) is 35.5 Å². The van der Waals surface area contributed by atoms with E-state index < -0.39 is 17.8 Å². The van der Waals surface area contributed by atoms with E-state index >= 15 is 0 Å². The minimum absolute atomic E-state index is 0.0662. The molecule has 3 aliphatic rings. The molecule has 3 fully saturated rings. The van der Waals surface area contributed by atoms with Crippen LogP contribution in [0.3, 0.4) is 0 Å². The molecule has 0 aliphatic heterocycles. The summed E-state index contributed by atoms with van der Waals surface area (Å²) in [6.45, 7) is 17.0. The molecule has 2 unspecified atom stereocenters. The minimum atomic E-state index is -0.658. The van der Waals surface area contributed by atoms with Gasteiger partial charge in [0.1, 0.15) is 0 Å². The summed E-state index contributed by atoms with van der Waals surface area (Å²) in [5.41, 5.74) is 3.22. The Morgan fingerprint density at radius 1 is 1.15 bits per heavy atom. The van der Waals surface area contributed by atoms with Crippen molar-refractivity contribution in [2.75, 3.05) is 0 Å². The molecule has 3 heteroatoms. The van der Waals surface area contributed by atoms with Crippen LogP contribution in [0.1, 0.15) is 99.3 Å². The molecule has 3 saturated carbocycles. The van der Waals surface area contributed by atoms with Gasteiger partial charge in [0.2, 0.25) is 0 Å². The summed E-state index contributed by atoms with van der Waals surface area (Å²) in [5.74, 6) is 2.42. The summed E-state index contributed by atoms with van der Waals surface area (Å²) < 4.78 is 0. The van der Waals surface area contributed by atoms with Gasteiger partial charge in [0.25, 0.3) is 0 Å². The van der Waals surface area contributed by atoms with Crippen molar-refractivity contribution in [1.29, 1.82) is 0 Å². The Bertz CT molecular complexity index is 757. The van der Waals surface area contributed by atoms with Gasteiger partial charge in [-0.1, -0.05) is 70.4 Å². The molecule has 188 valence electrons. The van der Waals surface area contributed by atoms with E-state index in [1.54, 1.807) is 5.57 Å². The molecular formula is C30H50O3. The van der Waals surface area contributed by atoms with Crippen LogP contribution in [0.5, 0.6) is 0 Å². The zero-order chi connectivity index (χ0) is 24.6. The van der Waals surface area contributed by atoms with Gasteiger partial charge in [0.05, 0.1) is 17.8 Å². The molecule has 33 heavy (non-hydrogen) atoms. The van der Waals surface area contributed by atoms with Crippen LogP contribution >= 0.6 is 0 Å². The Morgan fingerprint density at radius 2 is 1.82 bits per heavy atom. The second kappa shape index (κ2) is 10.4. The monoisotopic (exact) mass is 458 g/mol. The number of hydrogen-bond acceptors (Lipinski definition) is 3. The fraction of sp³-hybridized carbons (Fsp3) is 0.800. The molecule has 0 spiro atoms. The van der Waals surface area contributed by atoms with Crippen molar-refractivity contribution in [3.05, 3.63) is 35.5 Å². The Labute approximate surface area is 203 Å². The SMILES string of the molecule is C=C1[C@H](O)C/C(=C/C=C2\CCC[C@]3(C)[C@@H]([C@H](C)CCCC(C)(C)O)CC[C@@H]23)C(C)C(C)[C@H]1O. The molecule has 3 N–H and O–H groups in total. The van der Waals surface area contributed by atoms with Crippen LogP contribution in [0.2, 0.25) is 0 Å². The Hall–Kier alpha value is -0.900. The molecule has 3 rings (SSSR count). The fourth-order valence-corrected chi connectivity index (χ4v) is 7.39. The molecule has 3 aliphatic carbocycles. The molecule has 0 radical (unpaired) electrons. The van der Waals surface area contributed by atoms with Crippen LogP contribution in [0, 0.1) is 35.0 Å². The van der Waals surface area contributed by atoms with Crippen LogP contribution in [-0.4, -0.2) is 33.1 Å². The van der Waals surface area contributed by atoms with Gasteiger partial charge >= 0.3 is 0 Å². The predicted octanol–water partition coefficient (Wildman–Crippen LogP) is 6.59. The molecule has 3 nitrogen and oxygen atoms in total. The van der Waals surface area contributed by atoms with E-state index in [4.69, 9.17) is 0 Å². The van der Waals surface area contributed by atoms with Crippen LogP contribution in [0.4, 0.5) is 0 Å². The lowest BCUT2D eigenvalue weighted by Gasteiger charge is -2.44. The van der Waals surface area contributed by atoms with Gasteiger partial charge in [-0.05, 0) is 99.4 Å². The van der Waals surface area contributed by atoms with Crippen molar-refractivity contribution < 1.29 is 15.3 Å². The fourth-order valence-electron chi connectivity index (χ4n) is 7.39. The van der Waals surface area contributed by atoms with Gasteiger partial charge in [0, 0.05) is 0 Å². The first-order valence-corrected chi connectivity index (χ1v) is 13.5. The second-order valence-corrected chi connectivity index (χ2v) is 12.6. The van der Waals surface area contributed by atoms with Gasteiger partial charge < -0.3 is 15.3 Å².